The van der Waals surface area contributed by atoms with E-state index in [4.69, 9.17) is 4.74 Å². The average Bonchev–Trinajstić information content (AvgIpc) is 2.64. The van der Waals surface area contributed by atoms with Gasteiger partial charge in [-0.2, -0.15) is 0 Å². The van der Waals surface area contributed by atoms with Crippen molar-refractivity contribution in [3.63, 3.8) is 0 Å². The van der Waals surface area contributed by atoms with Crippen molar-refractivity contribution >= 4 is 11.8 Å². The van der Waals surface area contributed by atoms with Crippen molar-refractivity contribution in [3.8, 4) is 5.75 Å². The highest BCUT2D eigenvalue weighted by Gasteiger charge is 2.18. The lowest BCUT2D eigenvalue weighted by atomic mass is 10.0. The number of carbonyl (C=O) groups is 2. The number of amides is 2. The number of aryl methyl sites for hydroxylation is 2. The number of piperidine rings is 1. The van der Waals surface area contributed by atoms with E-state index in [1.807, 2.05) is 37.9 Å². The molecule has 0 spiro atoms. The van der Waals surface area contributed by atoms with Crippen molar-refractivity contribution in [2.45, 2.75) is 39.5 Å². The molecule has 26 heavy (non-hydrogen) atoms. The smallest absolute Gasteiger partial charge is 0.260 e. The monoisotopic (exact) mass is 361 g/mol. The van der Waals surface area contributed by atoms with E-state index in [-0.39, 0.29) is 18.4 Å². The molecule has 1 aliphatic rings. The Morgan fingerprint density at radius 1 is 1.08 bits per heavy atom. The Hall–Kier alpha value is -2.08. The Bertz CT molecular complexity index is 602. The van der Waals surface area contributed by atoms with Gasteiger partial charge in [-0.05, 0) is 76.4 Å². The Morgan fingerprint density at radius 2 is 1.73 bits per heavy atom. The fraction of sp³-hybridized carbons (Fsp3) is 0.600. The van der Waals surface area contributed by atoms with E-state index in [1.165, 1.54) is 6.42 Å². The van der Waals surface area contributed by atoms with Gasteiger partial charge in [0.25, 0.3) is 11.8 Å². The minimum absolute atomic E-state index is 0.0369. The van der Waals surface area contributed by atoms with E-state index < -0.39 is 0 Å². The van der Waals surface area contributed by atoms with Crippen LogP contribution in [-0.4, -0.2) is 56.5 Å². The molecule has 0 aliphatic carbocycles. The van der Waals surface area contributed by atoms with Crippen LogP contribution in [-0.2, 0) is 4.79 Å². The third kappa shape index (κ3) is 5.73. The Morgan fingerprint density at radius 3 is 2.35 bits per heavy atom. The van der Waals surface area contributed by atoms with Crippen LogP contribution in [0.15, 0.2) is 12.1 Å². The molecule has 0 atom stereocenters. The third-order valence-electron chi connectivity index (χ3n) is 4.66. The molecule has 144 valence electrons. The minimum atomic E-state index is -0.0803. The van der Waals surface area contributed by atoms with Crippen LogP contribution in [0.3, 0.4) is 0 Å². The molecule has 2 N–H and O–H groups in total. The molecule has 2 amide bonds. The van der Waals surface area contributed by atoms with Crippen LogP contribution in [0.25, 0.3) is 0 Å². The largest absolute Gasteiger partial charge is 0.483 e. The lowest BCUT2D eigenvalue weighted by Crippen LogP contribution is -2.38. The lowest BCUT2D eigenvalue weighted by Gasteiger charge is -2.26. The Labute approximate surface area is 156 Å². The zero-order chi connectivity index (χ0) is 18.9. The first-order valence-corrected chi connectivity index (χ1v) is 9.47. The molecule has 1 heterocycles. The number of ether oxygens (including phenoxy) is 1. The van der Waals surface area contributed by atoms with E-state index in [1.54, 1.807) is 0 Å². The first-order chi connectivity index (χ1) is 12.5. The molecule has 2 rings (SSSR count). The third-order valence-corrected chi connectivity index (χ3v) is 4.66. The molecule has 6 nitrogen and oxygen atoms in total. The number of benzene rings is 1. The van der Waals surface area contributed by atoms with Gasteiger partial charge in [0.1, 0.15) is 5.75 Å². The predicted octanol–water partition coefficient (Wildman–Crippen LogP) is 2.03. The second-order valence-electron chi connectivity index (χ2n) is 6.88. The summed E-state index contributed by atoms with van der Waals surface area (Å²) in [6, 6.07) is 3.64. The van der Waals surface area contributed by atoms with Crippen LogP contribution in [0.2, 0.25) is 0 Å². The van der Waals surface area contributed by atoms with Crippen LogP contribution in [0.1, 0.15) is 47.2 Å². The maximum Gasteiger partial charge on any atom is 0.260 e. The molecule has 1 aromatic rings. The normalized spacial score (nSPS) is 14.2. The molecule has 1 fully saturated rings. The van der Waals surface area contributed by atoms with Gasteiger partial charge in [0.15, 0.2) is 6.61 Å². The van der Waals surface area contributed by atoms with Gasteiger partial charge in [0.2, 0.25) is 0 Å². The van der Waals surface area contributed by atoms with Crippen LogP contribution in [0, 0.1) is 13.8 Å². The number of carbonyl (C=O) groups excluding carboxylic acids is 2. The van der Waals surface area contributed by atoms with Gasteiger partial charge in [-0.1, -0.05) is 0 Å². The molecule has 6 heteroatoms. The molecule has 1 saturated heterocycles. The molecule has 0 unspecified atom stereocenters. The molecule has 1 aliphatic heterocycles. The SMILES string of the molecule is CNCCCNC(=O)c1cc(C)c(OCC(=O)N2CCCCC2)c(C)c1. The summed E-state index contributed by atoms with van der Waals surface area (Å²) in [5.41, 5.74) is 2.37. The quantitative estimate of drug-likeness (QED) is 0.695. The van der Waals surface area contributed by atoms with Crippen molar-refractivity contribution in [2.75, 3.05) is 39.8 Å². The Kier molecular flexibility index (Phi) is 7.91. The van der Waals surface area contributed by atoms with Crippen LogP contribution >= 0.6 is 0 Å². The van der Waals surface area contributed by atoms with Gasteiger partial charge in [-0.25, -0.2) is 0 Å². The summed E-state index contributed by atoms with van der Waals surface area (Å²) in [5.74, 6) is 0.653. The number of likely N-dealkylation sites (tertiary alicyclic amines) is 1. The molecular weight excluding hydrogens is 330 g/mol. The fourth-order valence-corrected chi connectivity index (χ4v) is 3.25. The van der Waals surface area contributed by atoms with Crippen LogP contribution in [0.4, 0.5) is 0 Å². The molecule has 0 radical (unpaired) electrons. The predicted molar refractivity (Wildman–Crippen MR) is 103 cm³/mol. The highest BCUT2D eigenvalue weighted by atomic mass is 16.5. The van der Waals surface area contributed by atoms with Gasteiger partial charge in [-0.3, -0.25) is 9.59 Å². The second kappa shape index (κ2) is 10.2. The summed E-state index contributed by atoms with van der Waals surface area (Å²) in [5, 5.41) is 5.98. The van der Waals surface area contributed by atoms with E-state index in [2.05, 4.69) is 10.6 Å². The highest BCUT2D eigenvalue weighted by molar-refractivity contribution is 5.94. The Balaban J connectivity index is 1.93. The second-order valence-corrected chi connectivity index (χ2v) is 6.88. The van der Waals surface area contributed by atoms with Gasteiger partial charge < -0.3 is 20.3 Å². The average molecular weight is 361 g/mol. The lowest BCUT2D eigenvalue weighted by molar-refractivity contribution is -0.134. The van der Waals surface area contributed by atoms with Crippen LogP contribution < -0.4 is 15.4 Å². The van der Waals surface area contributed by atoms with Crippen molar-refractivity contribution in [3.05, 3.63) is 28.8 Å². The first-order valence-electron chi connectivity index (χ1n) is 9.47. The number of rotatable bonds is 8. The number of hydrogen-bond donors (Lipinski definition) is 2. The summed E-state index contributed by atoms with van der Waals surface area (Å²) < 4.78 is 5.80. The fourth-order valence-electron chi connectivity index (χ4n) is 3.25. The first kappa shape index (κ1) is 20.2. The van der Waals surface area contributed by atoms with Gasteiger partial charge >= 0.3 is 0 Å². The zero-order valence-electron chi connectivity index (χ0n) is 16.2. The molecule has 0 saturated carbocycles. The van der Waals surface area contributed by atoms with Gasteiger partial charge in [0.05, 0.1) is 0 Å². The van der Waals surface area contributed by atoms with Gasteiger partial charge in [-0.15, -0.1) is 0 Å². The minimum Gasteiger partial charge on any atom is -0.483 e. The van der Waals surface area contributed by atoms with Crippen LogP contribution in [0.5, 0.6) is 5.75 Å². The zero-order valence-corrected chi connectivity index (χ0v) is 16.2. The van der Waals surface area contributed by atoms with Gasteiger partial charge in [0, 0.05) is 25.2 Å². The molecular formula is C20H31N3O3. The summed E-state index contributed by atoms with van der Waals surface area (Å²) in [7, 11) is 1.89. The van der Waals surface area contributed by atoms with E-state index in [0.717, 1.165) is 50.0 Å². The molecule has 0 bridgehead atoms. The standard InChI is InChI=1S/C20H31N3O3/c1-15-12-17(20(25)22-9-7-8-21-3)13-16(2)19(15)26-14-18(24)23-10-5-4-6-11-23/h12-13,21H,4-11,14H2,1-3H3,(H,22,25). The summed E-state index contributed by atoms with van der Waals surface area (Å²) in [6.07, 6.45) is 4.23. The topological polar surface area (TPSA) is 70.7 Å². The highest BCUT2D eigenvalue weighted by Crippen LogP contribution is 2.25. The van der Waals surface area contributed by atoms with Crippen molar-refractivity contribution in [1.29, 1.82) is 0 Å². The summed E-state index contributed by atoms with van der Waals surface area (Å²) in [6.45, 7) is 7.03. The van der Waals surface area contributed by atoms with Crippen molar-refractivity contribution in [2.24, 2.45) is 0 Å². The molecule has 0 aromatic heterocycles. The number of nitrogens with one attached hydrogen (secondary N) is 2. The van der Waals surface area contributed by atoms with E-state index in [9.17, 15) is 9.59 Å². The molecule has 1 aromatic carbocycles. The summed E-state index contributed by atoms with van der Waals surface area (Å²) in [4.78, 5) is 26.4. The van der Waals surface area contributed by atoms with Crippen molar-refractivity contribution < 1.29 is 14.3 Å². The van der Waals surface area contributed by atoms with E-state index in [0.29, 0.717) is 17.9 Å². The van der Waals surface area contributed by atoms with E-state index >= 15 is 0 Å². The van der Waals surface area contributed by atoms with Crippen molar-refractivity contribution in [1.82, 2.24) is 15.5 Å². The summed E-state index contributed by atoms with van der Waals surface area (Å²) >= 11 is 0. The number of nitrogens with zero attached hydrogens (tertiary/aromatic N) is 1. The number of hydrogen-bond acceptors (Lipinski definition) is 4. The maximum absolute atomic E-state index is 12.3. The maximum atomic E-state index is 12.3.